The lowest BCUT2D eigenvalue weighted by molar-refractivity contribution is 0.472. The van der Waals surface area contributed by atoms with Gasteiger partial charge in [0.05, 0.1) is 23.9 Å². The van der Waals surface area contributed by atoms with Crippen LogP contribution in [0.25, 0.3) is 0 Å². The van der Waals surface area contributed by atoms with Crippen LogP contribution in [0.5, 0.6) is 0 Å². The van der Waals surface area contributed by atoms with E-state index in [0.29, 0.717) is 12.3 Å². The maximum Gasteiger partial charge on any atom is 0.0996 e. The van der Waals surface area contributed by atoms with Crippen LogP contribution in [0.3, 0.4) is 0 Å². The van der Waals surface area contributed by atoms with Gasteiger partial charge in [-0.15, -0.1) is 5.10 Å². The fourth-order valence-electron chi connectivity index (χ4n) is 1.23. The van der Waals surface area contributed by atoms with Gasteiger partial charge in [-0.25, -0.2) is 4.68 Å². The van der Waals surface area contributed by atoms with Crippen LogP contribution in [0.1, 0.15) is 31.7 Å². The Morgan fingerprint density at radius 1 is 1.50 bits per heavy atom. The first-order chi connectivity index (χ1) is 6.65. The first-order valence-corrected chi connectivity index (χ1v) is 4.91. The third kappa shape index (κ3) is 2.56. The van der Waals surface area contributed by atoms with Gasteiger partial charge in [0, 0.05) is 6.54 Å². The molecule has 0 saturated carbocycles. The van der Waals surface area contributed by atoms with Gasteiger partial charge in [-0.05, 0) is 19.3 Å². The van der Waals surface area contributed by atoms with Gasteiger partial charge in [-0.3, -0.25) is 0 Å². The highest BCUT2D eigenvalue weighted by atomic mass is 15.4. The normalized spacial score (nSPS) is 10.5. The van der Waals surface area contributed by atoms with Gasteiger partial charge in [0.25, 0.3) is 0 Å². The third-order valence-corrected chi connectivity index (χ3v) is 2.24. The van der Waals surface area contributed by atoms with E-state index in [1.807, 2.05) is 11.6 Å². The molecule has 0 radical (unpaired) electrons. The van der Waals surface area contributed by atoms with E-state index in [9.17, 15) is 0 Å². The Labute approximate surface area is 84.5 Å². The predicted octanol–water partition coefficient (Wildman–Crippen LogP) is 1.70. The summed E-state index contributed by atoms with van der Waals surface area (Å²) in [5, 5.41) is 16.5. The Bertz CT molecular complexity index is 332. The summed E-state index contributed by atoms with van der Waals surface area (Å²) >= 11 is 0. The van der Waals surface area contributed by atoms with Crippen LogP contribution in [0.2, 0.25) is 0 Å². The second-order valence-corrected chi connectivity index (χ2v) is 3.86. The van der Waals surface area contributed by atoms with Crippen molar-refractivity contribution in [1.82, 2.24) is 15.0 Å². The zero-order valence-electron chi connectivity index (χ0n) is 8.99. The van der Waals surface area contributed by atoms with Crippen molar-refractivity contribution in [2.45, 2.75) is 40.2 Å². The molecular formula is C10H16N4. The van der Waals surface area contributed by atoms with Gasteiger partial charge in [-0.1, -0.05) is 19.1 Å². The predicted molar refractivity (Wildman–Crippen MR) is 53.5 cm³/mol. The molecule has 4 heteroatoms. The van der Waals surface area contributed by atoms with E-state index in [2.05, 4.69) is 30.2 Å². The van der Waals surface area contributed by atoms with Crippen molar-refractivity contribution in [1.29, 1.82) is 5.26 Å². The smallest absolute Gasteiger partial charge is 0.0996 e. The van der Waals surface area contributed by atoms with E-state index >= 15 is 0 Å². The summed E-state index contributed by atoms with van der Waals surface area (Å²) in [6.07, 6.45) is 1.45. The average molecular weight is 192 g/mol. The molecule has 0 spiro atoms. The minimum Gasteiger partial charge on any atom is -0.249 e. The van der Waals surface area contributed by atoms with Crippen molar-refractivity contribution in [2.75, 3.05) is 0 Å². The van der Waals surface area contributed by atoms with Crippen LogP contribution < -0.4 is 0 Å². The van der Waals surface area contributed by atoms with Crippen molar-refractivity contribution in [3.63, 3.8) is 0 Å². The molecule has 0 amide bonds. The quantitative estimate of drug-likeness (QED) is 0.729. The Kier molecular flexibility index (Phi) is 3.63. The first kappa shape index (κ1) is 10.7. The zero-order chi connectivity index (χ0) is 10.6. The second kappa shape index (κ2) is 4.75. The van der Waals surface area contributed by atoms with Crippen LogP contribution in [-0.2, 0) is 13.0 Å². The van der Waals surface area contributed by atoms with Crippen LogP contribution in [0, 0.1) is 24.2 Å². The highest BCUT2D eigenvalue weighted by Crippen LogP contribution is 2.07. The van der Waals surface area contributed by atoms with Crippen molar-refractivity contribution < 1.29 is 0 Å². The molecule has 0 saturated heterocycles. The summed E-state index contributed by atoms with van der Waals surface area (Å²) in [4.78, 5) is 0. The molecule has 14 heavy (non-hydrogen) atoms. The maximum atomic E-state index is 8.54. The summed E-state index contributed by atoms with van der Waals surface area (Å²) < 4.78 is 1.88. The second-order valence-electron chi connectivity index (χ2n) is 3.86. The number of aromatic nitrogens is 3. The number of hydrogen-bond donors (Lipinski definition) is 0. The van der Waals surface area contributed by atoms with Gasteiger partial charge in [0.1, 0.15) is 0 Å². The van der Waals surface area contributed by atoms with Gasteiger partial charge in [-0.2, -0.15) is 5.26 Å². The SMILES string of the molecule is Cc1c(CC#N)nnn1CCC(C)C. The molecule has 0 fully saturated rings. The molecule has 0 unspecified atom stereocenters. The summed E-state index contributed by atoms with van der Waals surface area (Å²) in [7, 11) is 0. The number of nitriles is 1. The van der Waals surface area contributed by atoms with Crippen molar-refractivity contribution >= 4 is 0 Å². The average Bonchev–Trinajstić information content (AvgIpc) is 2.46. The molecule has 0 atom stereocenters. The van der Waals surface area contributed by atoms with E-state index < -0.39 is 0 Å². The standard InChI is InChI=1S/C10H16N4/c1-8(2)5-7-14-9(3)10(4-6-11)12-13-14/h8H,4-5,7H2,1-3H3. The number of nitrogens with zero attached hydrogens (tertiary/aromatic N) is 4. The maximum absolute atomic E-state index is 8.54. The molecule has 0 bridgehead atoms. The summed E-state index contributed by atoms with van der Waals surface area (Å²) in [6.45, 7) is 7.22. The first-order valence-electron chi connectivity index (χ1n) is 4.91. The molecule has 1 aromatic heterocycles. The lowest BCUT2D eigenvalue weighted by atomic mass is 10.1. The number of aryl methyl sites for hydroxylation is 1. The fraction of sp³-hybridized carbons (Fsp3) is 0.700. The molecule has 4 nitrogen and oxygen atoms in total. The molecule has 0 aliphatic heterocycles. The Morgan fingerprint density at radius 3 is 2.79 bits per heavy atom. The molecule has 76 valence electrons. The van der Waals surface area contributed by atoms with E-state index in [4.69, 9.17) is 5.26 Å². The molecule has 0 aromatic carbocycles. The Morgan fingerprint density at radius 2 is 2.21 bits per heavy atom. The highest BCUT2D eigenvalue weighted by Gasteiger charge is 2.07. The zero-order valence-corrected chi connectivity index (χ0v) is 8.99. The van der Waals surface area contributed by atoms with Crippen LogP contribution in [-0.4, -0.2) is 15.0 Å². The third-order valence-electron chi connectivity index (χ3n) is 2.24. The van der Waals surface area contributed by atoms with E-state index in [0.717, 1.165) is 24.4 Å². The molecule has 1 aromatic rings. The van der Waals surface area contributed by atoms with Crippen molar-refractivity contribution in [3.05, 3.63) is 11.4 Å². The molecule has 1 heterocycles. The van der Waals surface area contributed by atoms with Gasteiger partial charge < -0.3 is 0 Å². The van der Waals surface area contributed by atoms with E-state index in [1.165, 1.54) is 0 Å². The fourth-order valence-corrected chi connectivity index (χ4v) is 1.23. The summed E-state index contributed by atoms with van der Waals surface area (Å²) in [6, 6.07) is 2.09. The molecule has 0 aliphatic rings. The molecule has 1 rings (SSSR count). The van der Waals surface area contributed by atoms with E-state index in [-0.39, 0.29) is 0 Å². The van der Waals surface area contributed by atoms with Crippen molar-refractivity contribution in [2.24, 2.45) is 5.92 Å². The van der Waals surface area contributed by atoms with Crippen LogP contribution in [0.15, 0.2) is 0 Å². The largest absolute Gasteiger partial charge is 0.249 e. The lowest BCUT2D eigenvalue weighted by Crippen LogP contribution is -2.05. The Balaban J connectivity index is 2.65. The number of rotatable bonds is 4. The lowest BCUT2D eigenvalue weighted by Gasteiger charge is -2.05. The summed E-state index contributed by atoms with van der Waals surface area (Å²) in [5.74, 6) is 0.665. The molecule has 0 N–H and O–H groups in total. The number of hydrogen-bond acceptors (Lipinski definition) is 3. The molecular weight excluding hydrogens is 176 g/mol. The summed E-state index contributed by atoms with van der Waals surface area (Å²) in [5.41, 5.74) is 1.82. The highest BCUT2D eigenvalue weighted by molar-refractivity contribution is 5.11. The minimum atomic E-state index is 0.355. The van der Waals surface area contributed by atoms with Crippen molar-refractivity contribution in [3.8, 4) is 6.07 Å². The monoisotopic (exact) mass is 192 g/mol. The van der Waals surface area contributed by atoms with Crippen LogP contribution >= 0.6 is 0 Å². The van der Waals surface area contributed by atoms with Gasteiger partial charge in [0.15, 0.2) is 0 Å². The van der Waals surface area contributed by atoms with E-state index in [1.54, 1.807) is 0 Å². The van der Waals surface area contributed by atoms with Gasteiger partial charge >= 0.3 is 0 Å². The topological polar surface area (TPSA) is 54.5 Å². The molecule has 0 aliphatic carbocycles. The van der Waals surface area contributed by atoms with Crippen LogP contribution in [0.4, 0.5) is 0 Å². The minimum absolute atomic E-state index is 0.355. The van der Waals surface area contributed by atoms with Gasteiger partial charge in [0.2, 0.25) is 0 Å². The Hall–Kier alpha value is -1.37.